The van der Waals surface area contributed by atoms with Crippen molar-refractivity contribution in [2.45, 2.75) is 26.7 Å². The van der Waals surface area contributed by atoms with E-state index < -0.39 is 0 Å². The van der Waals surface area contributed by atoms with Gasteiger partial charge in [-0.25, -0.2) is 4.79 Å². The lowest BCUT2D eigenvalue weighted by Crippen LogP contribution is -2.54. The van der Waals surface area contributed by atoms with E-state index in [1.807, 2.05) is 46.7 Å². The van der Waals surface area contributed by atoms with Gasteiger partial charge in [0.25, 0.3) is 5.91 Å². The SMILES string of the molecule is CCN(CC)C(=O)N1CCN(C(=O)c2cccc3c2CCCN3)CC1.Cl. The van der Waals surface area contributed by atoms with Crippen molar-refractivity contribution in [1.29, 1.82) is 0 Å². The Labute approximate surface area is 161 Å². The van der Waals surface area contributed by atoms with Crippen LogP contribution < -0.4 is 5.32 Å². The van der Waals surface area contributed by atoms with Gasteiger partial charge in [-0.05, 0) is 44.4 Å². The number of urea groups is 1. The lowest BCUT2D eigenvalue weighted by Gasteiger charge is -2.37. The number of carbonyl (C=O) groups is 2. The number of nitrogens with zero attached hydrogens (tertiary/aromatic N) is 3. The predicted molar refractivity (Wildman–Crippen MR) is 106 cm³/mol. The van der Waals surface area contributed by atoms with E-state index in [1.165, 1.54) is 0 Å². The number of hydrogen-bond acceptors (Lipinski definition) is 3. The van der Waals surface area contributed by atoms with Gasteiger partial charge in [-0.3, -0.25) is 4.79 Å². The summed E-state index contributed by atoms with van der Waals surface area (Å²) < 4.78 is 0. The van der Waals surface area contributed by atoms with Crippen molar-refractivity contribution in [1.82, 2.24) is 14.7 Å². The lowest BCUT2D eigenvalue weighted by atomic mass is 9.96. The minimum absolute atomic E-state index is 0. The summed E-state index contributed by atoms with van der Waals surface area (Å²) in [7, 11) is 0. The highest BCUT2D eigenvalue weighted by atomic mass is 35.5. The summed E-state index contributed by atoms with van der Waals surface area (Å²) in [6, 6.07) is 6.01. The zero-order valence-corrected chi connectivity index (χ0v) is 16.5. The standard InChI is InChI=1S/C19H28N4O2.ClH/c1-3-21(4-2)19(25)23-13-11-22(12-14-23)18(24)16-7-5-9-17-15(16)8-6-10-20-17;/h5,7,9,20H,3-4,6,8,10-14H2,1-2H3;1H. The van der Waals surface area contributed by atoms with Gasteiger partial charge in [-0.1, -0.05) is 6.07 Å². The first kappa shape index (κ1) is 20.4. The molecule has 6 nitrogen and oxygen atoms in total. The van der Waals surface area contributed by atoms with Crippen molar-refractivity contribution in [3.8, 4) is 0 Å². The third-order valence-corrected chi connectivity index (χ3v) is 5.20. The summed E-state index contributed by atoms with van der Waals surface area (Å²) >= 11 is 0. The third kappa shape index (κ3) is 4.06. The van der Waals surface area contributed by atoms with E-state index in [0.717, 1.165) is 49.3 Å². The van der Waals surface area contributed by atoms with Gasteiger partial charge in [0.15, 0.2) is 0 Å². The van der Waals surface area contributed by atoms with Crippen LogP contribution in [0.2, 0.25) is 0 Å². The van der Waals surface area contributed by atoms with E-state index in [1.54, 1.807) is 0 Å². The molecule has 0 aliphatic carbocycles. The van der Waals surface area contributed by atoms with Crippen molar-refractivity contribution >= 4 is 30.0 Å². The zero-order valence-electron chi connectivity index (χ0n) is 15.7. The van der Waals surface area contributed by atoms with Gasteiger partial charge in [0.05, 0.1) is 0 Å². The van der Waals surface area contributed by atoms with Gasteiger partial charge >= 0.3 is 6.03 Å². The maximum Gasteiger partial charge on any atom is 0.320 e. The Morgan fingerprint density at radius 2 is 1.73 bits per heavy atom. The summed E-state index contributed by atoms with van der Waals surface area (Å²) in [4.78, 5) is 31.0. The first-order valence-corrected chi connectivity index (χ1v) is 9.34. The molecule has 3 rings (SSSR count). The monoisotopic (exact) mass is 380 g/mol. The number of piperazine rings is 1. The van der Waals surface area contributed by atoms with Crippen molar-refractivity contribution < 1.29 is 9.59 Å². The molecule has 0 atom stereocenters. The summed E-state index contributed by atoms with van der Waals surface area (Å²) in [5.41, 5.74) is 3.04. The number of halogens is 1. The fourth-order valence-corrected chi connectivity index (χ4v) is 3.68. The first-order chi connectivity index (χ1) is 12.2. The summed E-state index contributed by atoms with van der Waals surface area (Å²) in [5, 5.41) is 3.38. The number of amides is 3. The minimum atomic E-state index is 0. The number of anilines is 1. The zero-order chi connectivity index (χ0) is 17.8. The first-order valence-electron chi connectivity index (χ1n) is 9.34. The van der Waals surface area contributed by atoms with Gasteiger partial charge in [0, 0.05) is 57.1 Å². The van der Waals surface area contributed by atoms with E-state index in [4.69, 9.17) is 0 Å². The number of benzene rings is 1. The molecule has 1 aromatic carbocycles. The van der Waals surface area contributed by atoms with E-state index in [9.17, 15) is 9.59 Å². The van der Waals surface area contributed by atoms with Crippen LogP contribution in [-0.2, 0) is 6.42 Å². The molecular formula is C19H29ClN4O2. The molecule has 2 aliphatic heterocycles. The summed E-state index contributed by atoms with van der Waals surface area (Å²) in [6.45, 7) is 8.81. The molecule has 3 amide bonds. The Bertz CT molecular complexity index is 640. The van der Waals surface area contributed by atoms with Crippen LogP contribution in [0.25, 0.3) is 0 Å². The molecule has 1 fully saturated rings. The minimum Gasteiger partial charge on any atom is -0.385 e. The van der Waals surface area contributed by atoms with Crippen molar-refractivity contribution in [3.63, 3.8) is 0 Å². The lowest BCUT2D eigenvalue weighted by molar-refractivity contribution is 0.0640. The molecule has 144 valence electrons. The number of rotatable bonds is 3. The van der Waals surface area contributed by atoms with E-state index in [0.29, 0.717) is 26.2 Å². The molecule has 1 N–H and O–H groups in total. The molecule has 0 saturated carbocycles. The summed E-state index contributed by atoms with van der Waals surface area (Å²) in [6.07, 6.45) is 2.01. The highest BCUT2D eigenvalue weighted by molar-refractivity contribution is 5.97. The van der Waals surface area contributed by atoms with Crippen LogP contribution in [0.4, 0.5) is 10.5 Å². The molecular weight excluding hydrogens is 352 g/mol. The number of carbonyl (C=O) groups excluding carboxylic acids is 2. The van der Waals surface area contributed by atoms with Gasteiger partial charge in [0.1, 0.15) is 0 Å². The second-order valence-electron chi connectivity index (χ2n) is 6.60. The highest BCUT2D eigenvalue weighted by Gasteiger charge is 2.28. The maximum absolute atomic E-state index is 13.0. The van der Waals surface area contributed by atoms with Crippen LogP contribution in [0, 0.1) is 0 Å². The number of nitrogens with one attached hydrogen (secondary N) is 1. The number of hydrogen-bond donors (Lipinski definition) is 1. The molecule has 2 aliphatic rings. The Kier molecular flexibility index (Phi) is 7.14. The van der Waals surface area contributed by atoms with E-state index in [-0.39, 0.29) is 24.3 Å². The maximum atomic E-state index is 13.0. The van der Waals surface area contributed by atoms with Gasteiger partial charge in [-0.2, -0.15) is 0 Å². The Morgan fingerprint density at radius 1 is 1.08 bits per heavy atom. The Morgan fingerprint density at radius 3 is 2.38 bits per heavy atom. The Balaban J connectivity index is 0.00000243. The fourth-order valence-electron chi connectivity index (χ4n) is 3.68. The summed E-state index contributed by atoms with van der Waals surface area (Å²) in [5.74, 6) is 0.0930. The molecule has 0 aromatic heterocycles. The molecule has 1 saturated heterocycles. The second-order valence-corrected chi connectivity index (χ2v) is 6.60. The molecule has 2 heterocycles. The average Bonchev–Trinajstić information content (AvgIpc) is 2.68. The molecule has 7 heteroatoms. The topological polar surface area (TPSA) is 55.9 Å². The average molecular weight is 381 g/mol. The fraction of sp³-hybridized carbons (Fsp3) is 0.579. The molecule has 0 spiro atoms. The largest absolute Gasteiger partial charge is 0.385 e. The second kappa shape index (κ2) is 9.12. The molecule has 1 aromatic rings. The molecule has 0 bridgehead atoms. The van der Waals surface area contributed by atoms with Gasteiger partial charge < -0.3 is 20.0 Å². The van der Waals surface area contributed by atoms with Crippen molar-refractivity contribution in [3.05, 3.63) is 29.3 Å². The molecule has 0 radical (unpaired) electrons. The van der Waals surface area contributed by atoms with Gasteiger partial charge in [0.2, 0.25) is 0 Å². The van der Waals surface area contributed by atoms with Crippen LogP contribution >= 0.6 is 12.4 Å². The number of fused-ring (bicyclic) bond motifs is 1. The van der Waals surface area contributed by atoms with Crippen molar-refractivity contribution in [2.24, 2.45) is 0 Å². The quantitative estimate of drug-likeness (QED) is 0.877. The third-order valence-electron chi connectivity index (χ3n) is 5.20. The molecule has 26 heavy (non-hydrogen) atoms. The van der Waals surface area contributed by atoms with E-state index in [2.05, 4.69) is 5.32 Å². The smallest absolute Gasteiger partial charge is 0.320 e. The van der Waals surface area contributed by atoms with Crippen LogP contribution in [-0.4, -0.2) is 72.5 Å². The predicted octanol–water partition coefficient (Wildman–Crippen LogP) is 2.69. The van der Waals surface area contributed by atoms with Crippen LogP contribution in [0.3, 0.4) is 0 Å². The highest BCUT2D eigenvalue weighted by Crippen LogP contribution is 2.26. The van der Waals surface area contributed by atoms with Crippen LogP contribution in [0.15, 0.2) is 18.2 Å². The van der Waals surface area contributed by atoms with Crippen LogP contribution in [0.5, 0.6) is 0 Å². The molecule has 0 unspecified atom stereocenters. The van der Waals surface area contributed by atoms with Crippen molar-refractivity contribution in [2.75, 3.05) is 51.1 Å². The normalized spacial score (nSPS) is 16.2. The van der Waals surface area contributed by atoms with Crippen LogP contribution in [0.1, 0.15) is 36.2 Å². The van der Waals surface area contributed by atoms with Gasteiger partial charge in [-0.15, -0.1) is 12.4 Å². The van der Waals surface area contributed by atoms with E-state index >= 15 is 0 Å². The Hall–Kier alpha value is -1.95.